The second-order valence-electron chi connectivity index (χ2n) is 4.57. The molecule has 0 saturated heterocycles. The molecule has 1 aromatic rings. The van der Waals surface area contributed by atoms with Crippen LogP contribution in [0.2, 0.25) is 0 Å². The molecule has 0 amide bonds. The van der Waals surface area contributed by atoms with E-state index in [4.69, 9.17) is 0 Å². The first kappa shape index (κ1) is 11.6. The molecule has 3 nitrogen and oxygen atoms in total. The van der Waals surface area contributed by atoms with Gasteiger partial charge < -0.3 is 10.0 Å². The molecule has 0 aromatic heterocycles. The Kier molecular flexibility index (Phi) is 3.64. The number of nitrogens with zero attached hydrogens (tertiary/aromatic N) is 1. The molecule has 4 heteroatoms. The monoisotopic (exact) mass is 219 g/mol. The summed E-state index contributed by atoms with van der Waals surface area (Å²) >= 11 is 0. The maximum absolute atomic E-state index is 9.26. The van der Waals surface area contributed by atoms with Crippen molar-refractivity contribution in [2.75, 3.05) is 7.05 Å². The molecule has 2 N–H and O–H groups in total. The van der Waals surface area contributed by atoms with E-state index in [9.17, 15) is 10.0 Å². The van der Waals surface area contributed by atoms with Gasteiger partial charge in [-0.2, -0.15) is 0 Å². The van der Waals surface area contributed by atoms with Crippen LogP contribution in [0.4, 0.5) is 0 Å². The van der Waals surface area contributed by atoms with Gasteiger partial charge in [-0.25, -0.2) is 0 Å². The van der Waals surface area contributed by atoms with Crippen molar-refractivity contribution >= 4 is 12.6 Å². The molecule has 1 fully saturated rings. The molecule has 0 unspecified atom stereocenters. The normalized spacial score (nSPS) is 16.2. The summed E-state index contributed by atoms with van der Waals surface area (Å²) in [7, 11) is 0.732. The van der Waals surface area contributed by atoms with E-state index in [0.717, 1.165) is 12.1 Å². The average molecular weight is 219 g/mol. The Morgan fingerprint density at radius 2 is 2.00 bits per heavy atom. The SMILES string of the molecule is CN(Cc1ccccc1B(O)O)C1CCC1. The van der Waals surface area contributed by atoms with Crippen LogP contribution in [-0.2, 0) is 6.54 Å². The Balaban J connectivity index is 2.07. The topological polar surface area (TPSA) is 43.7 Å². The summed E-state index contributed by atoms with van der Waals surface area (Å²) in [6.45, 7) is 0.790. The Morgan fingerprint density at radius 3 is 2.56 bits per heavy atom. The van der Waals surface area contributed by atoms with Crippen LogP contribution in [0.1, 0.15) is 24.8 Å². The highest BCUT2D eigenvalue weighted by Crippen LogP contribution is 2.24. The third-order valence-corrected chi connectivity index (χ3v) is 3.45. The molecular formula is C12H18BNO2. The molecule has 0 heterocycles. The van der Waals surface area contributed by atoms with E-state index in [1.165, 1.54) is 19.3 Å². The van der Waals surface area contributed by atoms with Gasteiger partial charge in [-0.15, -0.1) is 0 Å². The standard InChI is InChI=1S/C12H18BNO2/c1-14(11-6-4-7-11)9-10-5-2-3-8-12(10)13(15)16/h2-3,5,8,11,15-16H,4,6-7,9H2,1H3. The number of benzene rings is 1. The van der Waals surface area contributed by atoms with E-state index in [1.54, 1.807) is 6.07 Å². The first-order valence-corrected chi connectivity index (χ1v) is 5.82. The molecule has 86 valence electrons. The Labute approximate surface area is 96.9 Å². The molecule has 1 saturated carbocycles. The summed E-state index contributed by atoms with van der Waals surface area (Å²) < 4.78 is 0. The smallest absolute Gasteiger partial charge is 0.423 e. The molecule has 0 bridgehead atoms. The molecule has 1 aliphatic rings. The van der Waals surface area contributed by atoms with E-state index >= 15 is 0 Å². The third-order valence-electron chi connectivity index (χ3n) is 3.45. The van der Waals surface area contributed by atoms with Gasteiger partial charge >= 0.3 is 7.12 Å². The second-order valence-corrected chi connectivity index (χ2v) is 4.57. The molecule has 16 heavy (non-hydrogen) atoms. The lowest BCUT2D eigenvalue weighted by Crippen LogP contribution is -2.40. The van der Waals surface area contributed by atoms with Crippen LogP contribution in [0.3, 0.4) is 0 Å². The molecule has 2 rings (SSSR count). The molecule has 1 aromatic carbocycles. The highest BCUT2D eigenvalue weighted by atomic mass is 16.4. The van der Waals surface area contributed by atoms with Crippen LogP contribution >= 0.6 is 0 Å². The zero-order valence-corrected chi connectivity index (χ0v) is 9.63. The van der Waals surface area contributed by atoms with Crippen molar-refractivity contribution in [2.24, 2.45) is 0 Å². The summed E-state index contributed by atoms with van der Waals surface area (Å²) in [5, 5.41) is 18.5. The lowest BCUT2D eigenvalue weighted by atomic mass is 9.77. The molecule has 0 atom stereocenters. The predicted octanol–water partition coefficient (Wildman–Crippen LogP) is 0.351. The van der Waals surface area contributed by atoms with E-state index in [0.29, 0.717) is 11.5 Å². The van der Waals surface area contributed by atoms with Crippen molar-refractivity contribution in [2.45, 2.75) is 31.8 Å². The van der Waals surface area contributed by atoms with Crippen LogP contribution in [0.25, 0.3) is 0 Å². The van der Waals surface area contributed by atoms with Gasteiger partial charge in [0.05, 0.1) is 0 Å². The molecule has 0 spiro atoms. The van der Waals surface area contributed by atoms with E-state index in [1.807, 2.05) is 18.2 Å². The molecule has 1 aliphatic carbocycles. The quantitative estimate of drug-likeness (QED) is 0.718. The Hall–Kier alpha value is -0.835. The zero-order chi connectivity index (χ0) is 11.5. The van der Waals surface area contributed by atoms with Gasteiger partial charge in [-0.05, 0) is 30.9 Å². The molecular weight excluding hydrogens is 201 g/mol. The number of rotatable bonds is 4. The summed E-state index contributed by atoms with van der Waals surface area (Å²) in [6, 6.07) is 8.18. The van der Waals surface area contributed by atoms with Gasteiger partial charge in [-0.3, -0.25) is 4.90 Å². The maximum Gasteiger partial charge on any atom is 0.488 e. The summed E-state index contributed by atoms with van der Waals surface area (Å²) in [5.74, 6) is 0. The first-order chi connectivity index (χ1) is 7.68. The van der Waals surface area contributed by atoms with Crippen molar-refractivity contribution in [1.82, 2.24) is 4.90 Å². The van der Waals surface area contributed by atoms with E-state index in [2.05, 4.69) is 11.9 Å². The van der Waals surface area contributed by atoms with Crippen molar-refractivity contribution in [3.8, 4) is 0 Å². The fraction of sp³-hybridized carbons (Fsp3) is 0.500. The largest absolute Gasteiger partial charge is 0.488 e. The van der Waals surface area contributed by atoms with E-state index < -0.39 is 7.12 Å². The van der Waals surface area contributed by atoms with Crippen molar-refractivity contribution < 1.29 is 10.0 Å². The van der Waals surface area contributed by atoms with Gasteiger partial charge in [0, 0.05) is 12.6 Å². The minimum Gasteiger partial charge on any atom is -0.423 e. The van der Waals surface area contributed by atoms with Gasteiger partial charge in [0.1, 0.15) is 0 Å². The van der Waals surface area contributed by atoms with Crippen LogP contribution < -0.4 is 5.46 Å². The predicted molar refractivity (Wildman–Crippen MR) is 65.4 cm³/mol. The van der Waals surface area contributed by atoms with E-state index in [-0.39, 0.29) is 0 Å². The Bertz CT molecular complexity index is 353. The van der Waals surface area contributed by atoms with Crippen LogP contribution in [0, 0.1) is 0 Å². The van der Waals surface area contributed by atoms with Gasteiger partial charge in [0.2, 0.25) is 0 Å². The number of hydrogen-bond donors (Lipinski definition) is 2. The molecule has 0 aliphatic heterocycles. The summed E-state index contributed by atoms with van der Waals surface area (Å²) in [4.78, 5) is 2.30. The summed E-state index contributed by atoms with van der Waals surface area (Å²) in [5.41, 5.74) is 1.63. The van der Waals surface area contributed by atoms with Crippen molar-refractivity contribution in [3.63, 3.8) is 0 Å². The second kappa shape index (κ2) is 5.00. The first-order valence-electron chi connectivity index (χ1n) is 5.82. The van der Waals surface area contributed by atoms with Crippen LogP contribution in [-0.4, -0.2) is 35.2 Å². The highest BCUT2D eigenvalue weighted by molar-refractivity contribution is 6.59. The zero-order valence-electron chi connectivity index (χ0n) is 9.63. The van der Waals surface area contributed by atoms with Crippen molar-refractivity contribution in [3.05, 3.63) is 29.8 Å². The lowest BCUT2D eigenvalue weighted by molar-refractivity contribution is 0.153. The molecule has 0 radical (unpaired) electrons. The van der Waals surface area contributed by atoms with Gasteiger partial charge in [0.15, 0.2) is 0 Å². The van der Waals surface area contributed by atoms with Crippen molar-refractivity contribution in [1.29, 1.82) is 0 Å². The summed E-state index contributed by atoms with van der Waals surface area (Å²) in [6.07, 6.45) is 3.85. The third kappa shape index (κ3) is 2.46. The fourth-order valence-electron chi connectivity index (χ4n) is 2.16. The van der Waals surface area contributed by atoms with Crippen LogP contribution in [0.15, 0.2) is 24.3 Å². The minimum atomic E-state index is -1.37. The minimum absolute atomic E-state index is 0.619. The Morgan fingerprint density at radius 1 is 1.31 bits per heavy atom. The average Bonchev–Trinajstić information content (AvgIpc) is 2.15. The van der Waals surface area contributed by atoms with Crippen LogP contribution in [0.5, 0.6) is 0 Å². The van der Waals surface area contributed by atoms with Gasteiger partial charge in [-0.1, -0.05) is 30.7 Å². The number of hydrogen-bond acceptors (Lipinski definition) is 3. The fourth-order valence-corrected chi connectivity index (χ4v) is 2.16. The highest BCUT2D eigenvalue weighted by Gasteiger charge is 2.23. The maximum atomic E-state index is 9.26. The van der Waals surface area contributed by atoms with Gasteiger partial charge in [0.25, 0.3) is 0 Å². The lowest BCUT2D eigenvalue weighted by Gasteiger charge is -2.35.